The van der Waals surface area contributed by atoms with E-state index in [1.54, 1.807) is 0 Å². The molecule has 2 N–H and O–H groups in total. The van der Waals surface area contributed by atoms with Crippen LogP contribution in [0.15, 0.2) is 12.2 Å². The minimum absolute atomic E-state index is 0.297. The quantitative estimate of drug-likeness (QED) is 0.761. The molecule has 0 radical (unpaired) electrons. The average Bonchev–Trinajstić information content (AvgIpc) is 3.07. The topological polar surface area (TPSA) is 50.4 Å². The predicted molar refractivity (Wildman–Crippen MR) is 92.3 cm³/mol. The molecule has 0 heterocycles. The van der Waals surface area contributed by atoms with E-state index >= 15 is 0 Å². The molecule has 0 saturated heterocycles. The maximum absolute atomic E-state index is 12.0. The fraction of sp³-hybridized carbons (Fsp3) is 0.842. The second kappa shape index (κ2) is 6.84. The molecule has 130 valence electrons. The maximum Gasteiger partial charge on any atom is 0.407 e. The van der Waals surface area contributed by atoms with Crippen molar-refractivity contribution in [2.45, 2.75) is 77.0 Å². The van der Waals surface area contributed by atoms with Crippen LogP contribution in [0.4, 0.5) is 4.79 Å². The molecule has 0 aromatic heterocycles. The predicted octanol–water partition coefficient (Wildman–Crippen LogP) is 3.62. The summed E-state index contributed by atoms with van der Waals surface area (Å²) >= 11 is 0. The molecule has 0 aromatic rings. The molecular weight excluding hydrogens is 288 g/mol. The number of hydrogen-bond acceptors (Lipinski definition) is 3. The first-order valence-corrected chi connectivity index (χ1v) is 9.32. The molecule has 3 aliphatic rings. The minimum Gasteiger partial charge on any atom is -0.444 e. The number of fused-ring (bicyclic) bond motifs is 1. The summed E-state index contributed by atoms with van der Waals surface area (Å²) in [6, 6.07) is 0.981. The molecule has 4 nitrogen and oxygen atoms in total. The molecule has 2 saturated carbocycles. The number of alkyl carbamates (subject to hydrolysis) is 1. The molecule has 1 amide bonds. The van der Waals surface area contributed by atoms with Crippen molar-refractivity contribution in [1.82, 2.24) is 10.6 Å². The van der Waals surface area contributed by atoms with Crippen molar-refractivity contribution >= 4 is 6.09 Å². The van der Waals surface area contributed by atoms with Crippen LogP contribution in [-0.4, -0.2) is 30.3 Å². The smallest absolute Gasteiger partial charge is 0.407 e. The standard InChI is InChI=1S/C19H32N2O2/c1-19(2,3)23-18(22)20-12-17(13-7-4-5-8-13)21-16-11-14-9-6-10-15(14)16/h6,10,13-17,21H,4-5,7-9,11-12H2,1-3H3,(H,20,22). The van der Waals surface area contributed by atoms with Gasteiger partial charge in [-0.3, -0.25) is 0 Å². The van der Waals surface area contributed by atoms with E-state index in [0.29, 0.717) is 24.5 Å². The molecule has 0 aromatic carbocycles. The number of hydrogen-bond donors (Lipinski definition) is 2. The third-order valence-electron chi connectivity index (χ3n) is 5.62. The van der Waals surface area contributed by atoms with Gasteiger partial charge in [-0.1, -0.05) is 25.0 Å². The largest absolute Gasteiger partial charge is 0.444 e. The number of ether oxygens (including phenoxy) is 1. The van der Waals surface area contributed by atoms with Gasteiger partial charge in [-0.05, 0) is 64.2 Å². The lowest BCUT2D eigenvalue weighted by atomic mass is 9.71. The Morgan fingerprint density at radius 3 is 2.70 bits per heavy atom. The van der Waals surface area contributed by atoms with Gasteiger partial charge in [0.1, 0.15) is 5.60 Å². The first-order chi connectivity index (χ1) is 10.9. The maximum atomic E-state index is 12.0. The molecule has 2 fully saturated rings. The molecule has 23 heavy (non-hydrogen) atoms. The summed E-state index contributed by atoms with van der Waals surface area (Å²) < 4.78 is 5.38. The Kier molecular flexibility index (Phi) is 5.00. The van der Waals surface area contributed by atoms with Gasteiger partial charge >= 0.3 is 6.09 Å². The van der Waals surface area contributed by atoms with Gasteiger partial charge in [-0.25, -0.2) is 4.79 Å². The van der Waals surface area contributed by atoms with Crippen molar-refractivity contribution in [2.75, 3.05) is 6.54 Å². The zero-order valence-electron chi connectivity index (χ0n) is 14.8. The first kappa shape index (κ1) is 16.8. The van der Waals surface area contributed by atoms with Crippen molar-refractivity contribution in [3.05, 3.63) is 12.2 Å². The van der Waals surface area contributed by atoms with Crippen LogP contribution in [-0.2, 0) is 4.74 Å². The highest BCUT2D eigenvalue weighted by atomic mass is 16.6. The summed E-state index contributed by atoms with van der Waals surface area (Å²) in [6.07, 6.45) is 12.2. The normalized spacial score (nSPS) is 31.5. The highest BCUT2D eigenvalue weighted by molar-refractivity contribution is 5.67. The molecule has 0 bridgehead atoms. The summed E-state index contributed by atoms with van der Waals surface area (Å²) in [4.78, 5) is 12.0. The van der Waals surface area contributed by atoms with E-state index in [-0.39, 0.29) is 6.09 Å². The Morgan fingerprint density at radius 1 is 1.30 bits per heavy atom. The Labute approximate surface area is 140 Å². The van der Waals surface area contributed by atoms with Gasteiger partial charge in [-0.2, -0.15) is 0 Å². The second-order valence-corrected chi connectivity index (χ2v) is 8.54. The van der Waals surface area contributed by atoms with Gasteiger partial charge in [0.15, 0.2) is 0 Å². The molecule has 3 rings (SSSR count). The van der Waals surface area contributed by atoms with Crippen LogP contribution < -0.4 is 10.6 Å². The summed E-state index contributed by atoms with van der Waals surface area (Å²) in [5.41, 5.74) is -0.434. The number of allylic oxidation sites excluding steroid dienone is 1. The van der Waals surface area contributed by atoms with Gasteiger partial charge in [0.2, 0.25) is 0 Å². The number of amides is 1. The third kappa shape index (κ3) is 4.28. The van der Waals surface area contributed by atoms with Crippen molar-refractivity contribution in [3.63, 3.8) is 0 Å². The number of rotatable bonds is 5. The van der Waals surface area contributed by atoms with Gasteiger partial charge < -0.3 is 15.4 Å². The van der Waals surface area contributed by atoms with E-state index in [2.05, 4.69) is 22.8 Å². The lowest BCUT2D eigenvalue weighted by molar-refractivity contribution is 0.0509. The summed E-state index contributed by atoms with van der Waals surface area (Å²) in [7, 11) is 0. The van der Waals surface area contributed by atoms with E-state index in [1.807, 2.05) is 20.8 Å². The van der Waals surface area contributed by atoms with Crippen molar-refractivity contribution in [1.29, 1.82) is 0 Å². The number of carbonyl (C=O) groups excluding carboxylic acids is 1. The molecule has 4 atom stereocenters. The lowest BCUT2D eigenvalue weighted by Gasteiger charge is -2.44. The molecule has 0 spiro atoms. The Balaban J connectivity index is 1.51. The monoisotopic (exact) mass is 320 g/mol. The van der Waals surface area contributed by atoms with Crippen LogP contribution in [0, 0.1) is 17.8 Å². The minimum atomic E-state index is -0.434. The first-order valence-electron chi connectivity index (χ1n) is 9.32. The molecule has 4 unspecified atom stereocenters. The van der Waals surface area contributed by atoms with Crippen LogP contribution in [0.2, 0.25) is 0 Å². The SMILES string of the molecule is CC(C)(C)OC(=O)NCC(NC1CC2CC=CC21)C1CCCC1. The molecule has 0 aliphatic heterocycles. The van der Waals surface area contributed by atoms with Crippen LogP contribution in [0.5, 0.6) is 0 Å². The third-order valence-corrected chi connectivity index (χ3v) is 5.62. The lowest BCUT2D eigenvalue weighted by Crippen LogP contribution is -2.56. The van der Waals surface area contributed by atoms with Gasteiger partial charge in [0, 0.05) is 18.6 Å². The molecular formula is C19H32N2O2. The zero-order chi connectivity index (χ0) is 16.4. The molecule has 4 heteroatoms. The fourth-order valence-electron chi connectivity index (χ4n) is 4.41. The van der Waals surface area contributed by atoms with Crippen LogP contribution in [0.3, 0.4) is 0 Å². The van der Waals surface area contributed by atoms with E-state index in [9.17, 15) is 4.79 Å². The highest BCUT2D eigenvalue weighted by Crippen LogP contribution is 2.43. The van der Waals surface area contributed by atoms with Crippen molar-refractivity contribution in [2.24, 2.45) is 17.8 Å². The Hall–Kier alpha value is -1.03. The average molecular weight is 320 g/mol. The number of nitrogens with one attached hydrogen (secondary N) is 2. The summed E-state index contributed by atoms with van der Waals surface area (Å²) in [5.74, 6) is 2.28. The van der Waals surface area contributed by atoms with Gasteiger partial charge in [0.05, 0.1) is 0 Å². The van der Waals surface area contributed by atoms with E-state index in [1.165, 1.54) is 38.5 Å². The van der Waals surface area contributed by atoms with Crippen LogP contribution in [0.25, 0.3) is 0 Å². The second-order valence-electron chi connectivity index (χ2n) is 8.54. The Morgan fingerprint density at radius 2 is 2.04 bits per heavy atom. The zero-order valence-corrected chi connectivity index (χ0v) is 14.8. The van der Waals surface area contributed by atoms with E-state index in [4.69, 9.17) is 4.74 Å². The van der Waals surface area contributed by atoms with Crippen molar-refractivity contribution in [3.8, 4) is 0 Å². The summed E-state index contributed by atoms with van der Waals surface area (Å²) in [6.45, 7) is 6.39. The number of carbonyl (C=O) groups is 1. The van der Waals surface area contributed by atoms with E-state index in [0.717, 1.165) is 11.8 Å². The van der Waals surface area contributed by atoms with Crippen LogP contribution >= 0.6 is 0 Å². The van der Waals surface area contributed by atoms with Crippen molar-refractivity contribution < 1.29 is 9.53 Å². The summed E-state index contributed by atoms with van der Waals surface area (Å²) in [5, 5.41) is 6.85. The van der Waals surface area contributed by atoms with Gasteiger partial charge in [-0.15, -0.1) is 0 Å². The Bertz CT molecular complexity index is 449. The van der Waals surface area contributed by atoms with Crippen LogP contribution in [0.1, 0.15) is 59.3 Å². The molecule has 3 aliphatic carbocycles. The van der Waals surface area contributed by atoms with E-state index < -0.39 is 5.60 Å². The highest BCUT2D eigenvalue weighted by Gasteiger charge is 2.42. The fourth-order valence-corrected chi connectivity index (χ4v) is 4.41. The van der Waals surface area contributed by atoms with Gasteiger partial charge in [0.25, 0.3) is 0 Å².